The van der Waals surface area contributed by atoms with Gasteiger partial charge in [-0.1, -0.05) is 29.3 Å². The number of amides is 2. The van der Waals surface area contributed by atoms with Crippen molar-refractivity contribution in [3.63, 3.8) is 0 Å². The maximum Gasteiger partial charge on any atom is 0.325 e. The molecule has 0 aliphatic heterocycles. The van der Waals surface area contributed by atoms with Gasteiger partial charge in [0.2, 0.25) is 0 Å². The lowest BCUT2D eigenvalue weighted by molar-refractivity contribution is -0.143. The third-order valence-electron chi connectivity index (χ3n) is 3.65. The first-order valence-electron chi connectivity index (χ1n) is 8.53. The Bertz CT molecular complexity index is 730. The number of esters is 1. The molecule has 7 nitrogen and oxygen atoms in total. The van der Waals surface area contributed by atoms with E-state index < -0.39 is 0 Å². The van der Waals surface area contributed by atoms with E-state index in [1.165, 1.54) is 0 Å². The molecule has 1 heterocycles. The van der Waals surface area contributed by atoms with Crippen molar-refractivity contribution in [1.29, 1.82) is 0 Å². The molecule has 0 spiro atoms. The molecular weight excluding hydrogens is 400 g/mol. The summed E-state index contributed by atoms with van der Waals surface area (Å²) in [7, 11) is 0. The number of carbonyl (C=O) groups excluding carboxylic acids is 2. The van der Waals surface area contributed by atoms with Crippen LogP contribution >= 0.6 is 15.9 Å². The van der Waals surface area contributed by atoms with Gasteiger partial charge in [0, 0.05) is 22.6 Å². The molecule has 0 fully saturated rings. The van der Waals surface area contributed by atoms with Gasteiger partial charge in [0.25, 0.3) is 0 Å². The number of carbonyl (C=O) groups is 2. The number of nitrogens with one attached hydrogen (secondary N) is 2. The van der Waals surface area contributed by atoms with Gasteiger partial charge in [-0.3, -0.25) is 4.79 Å². The van der Waals surface area contributed by atoms with Crippen LogP contribution in [0.2, 0.25) is 0 Å². The molecule has 140 valence electrons. The highest BCUT2D eigenvalue weighted by Gasteiger charge is 2.20. The zero-order chi connectivity index (χ0) is 18.9. The van der Waals surface area contributed by atoms with Gasteiger partial charge in [0.05, 0.1) is 12.6 Å². The van der Waals surface area contributed by atoms with Crippen molar-refractivity contribution >= 4 is 33.6 Å². The fraction of sp³-hybridized carbons (Fsp3) is 0.389. The highest BCUT2D eigenvalue weighted by Crippen LogP contribution is 2.18. The SMILES string of the molecule is CCCC(NC(=O)Nc1ccc(Br)cc1)c1nccn1CC(=O)OCC. The van der Waals surface area contributed by atoms with Crippen LogP contribution in [0.25, 0.3) is 0 Å². The Morgan fingerprint density at radius 3 is 2.65 bits per heavy atom. The van der Waals surface area contributed by atoms with Gasteiger partial charge in [0.1, 0.15) is 12.4 Å². The van der Waals surface area contributed by atoms with Crippen molar-refractivity contribution < 1.29 is 14.3 Å². The molecule has 2 N–H and O–H groups in total. The van der Waals surface area contributed by atoms with E-state index in [9.17, 15) is 9.59 Å². The second-order valence-corrected chi connectivity index (χ2v) is 6.58. The Morgan fingerprint density at radius 1 is 1.27 bits per heavy atom. The minimum atomic E-state index is -0.332. The first-order chi connectivity index (χ1) is 12.5. The first-order valence-corrected chi connectivity index (χ1v) is 9.32. The molecule has 2 amide bonds. The molecule has 0 aliphatic rings. The number of halogens is 1. The summed E-state index contributed by atoms with van der Waals surface area (Å²) in [5.74, 6) is 0.298. The van der Waals surface area contributed by atoms with E-state index in [-0.39, 0.29) is 24.6 Å². The first kappa shape index (κ1) is 20.0. The fourth-order valence-electron chi connectivity index (χ4n) is 2.52. The number of benzene rings is 1. The van der Waals surface area contributed by atoms with Gasteiger partial charge in [-0.2, -0.15) is 0 Å². The van der Waals surface area contributed by atoms with E-state index in [0.29, 0.717) is 24.5 Å². The predicted molar refractivity (Wildman–Crippen MR) is 103 cm³/mol. The van der Waals surface area contributed by atoms with Crippen molar-refractivity contribution in [2.24, 2.45) is 0 Å². The Balaban J connectivity index is 2.06. The predicted octanol–water partition coefficient (Wildman–Crippen LogP) is 3.87. The van der Waals surface area contributed by atoms with Crippen LogP contribution in [-0.4, -0.2) is 28.2 Å². The third-order valence-corrected chi connectivity index (χ3v) is 4.18. The van der Waals surface area contributed by atoms with Crippen LogP contribution in [0, 0.1) is 0 Å². The van der Waals surface area contributed by atoms with Gasteiger partial charge < -0.3 is 19.9 Å². The summed E-state index contributed by atoms with van der Waals surface area (Å²) in [5.41, 5.74) is 0.691. The number of aromatic nitrogens is 2. The highest BCUT2D eigenvalue weighted by molar-refractivity contribution is 9.10. The lowest BCUT2D eigenvalue weighted by Gasteiger charge is -2.19. The molecule has 26 heavy (non-hydrogen) atoms. The lowest BCUT2D eigenvalue weighted by Crippen LogP contribution is -2.34. The molecule has 2 rings (SSSR count). The number of urea groups is 1. The van der Waals surface area contributed by atoms with E-state index in [2.05, 4.69) is 31.5 Å². The van der Waals surface area contributed by atoms with Gasteiger partial charge in [-0.25, -0.2) is 9.78 Å². The van der Waals surface area contributed by atoms with Gasteiger partial charge >= 0.3 is 12.0 Å². The summed E-state index contributed by atoms with van der Waals surface area (Å²) in [6.07, 6.45) is 4.89. The Kier molecular flexibility index (Phi) is 7.65. The van der Waals surface area contributed by atoms with Crippen molar-refractivity contribution in [3.8, 4) is 0 Å². The maximum atomic E-state index is 12.4. The largest absolute Gasteiger partial charge is 0.465 e. The van der Waals surface area contributed by atoms with Crippen LogP contribution in [0.3, 0.4) is 0 Å². The van der Waals surface area contributed by atoms with Gasteiger partial charge in [-0.15, -0.1) is 0 Å². The minimum absolute atomic E-state index is 0.0688. The van der Waals surface area contributed by atoms with E-state index in [1.54, 1.807) is 36.0 Å². The average Bonchev–Trinajstić information content (AvgIpc) is 3.04. The average molecular weight is 423 g/mol. The monoisotopic (exact) mass is 422 g/mol. The van der Waals surface area contributed by atoms with E-state index in [4.69, 9.17) is 4.74 Å². The summed E-state index contributed by atoms with van der Waals surface area (Å²) >= 11 is 3.36. The number of rotatable bonds is 8. The highest BCUT2D eigenvalue weighted by atomic mass is 79.9. The molecule has 1 aromatic carbocycles. The topological polar surface area (TPSA) is 85.3 Å². The molecule has 0 radical (unpaired) electrons. The van der Waals surface area contributed by atoms with Crippen LogP contribution in [0.4, 0.5) is 10.5 Å². The second kappa shape index (κ2) is 9.96. The number of nitrogens with zero attached hydrogens (tertiary/aromatic N) is 2. The molecular formula is C18H23BrN4O3. The van der Waals surface area contributed by atoms with E-state index in [1.807, 2.05) is 19.1 Å². The van der Waals surface area contributed by atoms with Crippen LogP contribution in [-0.2, 0) is 16.1 Å². The van der Waals surface area contributed by atoms with Crippen LogP contribution < -0.4 is 10.6 Å². The third kappa shape index (κ3) is 5.87. The number of ether oxygens (including phenoxy) is 1. The zero-order valence-corrected chi connectivity index (χ0v) is 16.5. The molecule has 0 aliphatic carbocycles. The zero-order valence-electron chi connectivity index (χ0n) is 14.9. The molecule has 1 unspecified atom stereocenters. The normalized spacial score (nSPS) is 11.7. The smallest absolute Gasteiger partial charge is 0.325 e. The van der Waals surface area contributed by atoms with Gasteiger partial charge in [0.15, 0.2) is 0 Å². The number of imidazole rings is 1. The molecule has 1 aromatic heterocycles. The second-order valence-electron chi connectivity index (χ2n) is 5.66. The Labute approximate surface area is 161 Å². The fourth-order valence-corrected chi connectivity index (χ4v) is 2.79. The maximum absolute atomic E-state index is 12.4. The summed E-state index contributed by atoms with van der Waals surface area (Å²) in [5, 5.41) is 5.73. The standard InChI is InChI=1S/C18H23BrN4O3/c1-3-5-15(17-20-10-11-23(17)12-16(24)26-4-2)22-18(25)21-14-8-6-13(19)7-9-14/h6-11,15H,3-5,12H2,1-2H3,(H2,21,22,25). The molecule has 2 aromatic rings. The van der Waals surface area contributed by atoms with E-state index >= 15 is 0 Å². The summed E-state index contributed by atoms with van der Waals surface area (Å²) < 4.78 is 7.63. The number of hydrogen-bond acceptors (Lipinski definition) is 4. The van der Waals surface area contributed by atoms with Crippen molar-refractivity contribution in [2.45, 2.75) is 39.3 Å². The van der Waals surface area contributed by atoms with E-state index in [0.717, 1.165) is 10.9 Å². The van der Waals surface area contributed by atoms with Crippen molar-refractivity contribution in [2.75, 3.05) is 11.9 Å². The molecule has 1 atom stereocenters. The van der Waals surface area contributed by atoms with Crippen LogP contribution in [0.1, 0.15) is 38.6 Å². The Hall–Kier alpha value is -2.35. The van der Waals surface area contributed by atoms with Crippen molar-refractivity contribution in [3.05, 3.63) is 47.0 Å². The summed E-state index contributed by atoms with van der Waals surface area (Å²) in [6.45, 7) is 4.19. The quantitative estimate of drug-likeness (QED) is 0.632. The molecule has 0 saturated heterocycles. The molecule has 0 saturated carbocycles. The summed E-state index contributed by atoms with van der Waals surface area (Å²) in [4.78, 5) is 28.4. The van der Waals surface area contributed by atoms with Crippen LogP contribution in [0.15, 0.2) is 41.1 Å². The number of hydrogen-bond donors (Lipinski definition) is 2. The van der Waals surface area contributed by atoms with Crippen molar-refractivity contribution in [1.82, 2.24) is 14.9 Å². The minimum Gasteiger partial charge on any atom is -0.465 e. The van der Waals surface area contributed by atoms with Crippen LogP contribution in [0.5, 0.6) is 0 Å². The lowest BCUT2D eigenvalue weighted by atomic mass is 10.1. The Morgan fingerprint density at radius 2 is 2.00 bits per heavy atom. The van der Waals surface area contributed by atoms with Gasteiger partial charge in [-0.05, 0) is 37.6 Å². The molecule has 8 heteroatoms. The molecule has 0 bridgehead atoms. The summed E-state index contributed by atoms with van der Waals surface area (Å²) in [6, 6.07) is 6.69. The number of anilines is 1.